The molecule has 0 spiro atoms. The number of hydrogen-bond acceptors (Lipinski definition) is 3. The Kier molecular flexibility index (Phi) is 5.33. The van der Waals surface area contributed by atoms with Crippen LogP contribution < -0.4 is 5.32 Å². The van der Waals surface area contributed by atoms with Crippen LogP contribution in [-0.2, 0) is 13.0 Å². The van der Waals surface area contributed by atoms with E-state index >= 15 is 0 Å². The molecule has 5 nitrogen and oxygen atoms in total. The molecule has 1 aliphatic heterocycles. The van der Waals surface area contributed by atoms with Gasteiger partial charge in [0.25, 0.3) is 5.91 Å². The van der Waals surface area contributed by atoms with Gasteiger partial charge in [-0.3, -0.25) is 4.79 Å². The smallest absolute Gasteiger partial charge is 0.255 e. The predicted octanol–water partition coefficient (Wildman–Crippen LogP) is 5.37. The minimum atomic E-state index is -0.410. The van der Waals surface area contributed by atoms with E-state index in [1.807, 2.05) is 4.57 Å². The number of nitrogens with zero attached hydrogens (tertiary/aromatic N) is 3. The number of nitrogens with one attached hydrogen (secondary N) is 1. The van der Waals surface area contributed by atoms with E-state index < -0.39 is 5.82 Å². The molecular weight excluding hydrogens is 402 g/mol. The van der Waals surface area contributed by atoms with Crippen molar-refractivity contribution in [2.24, 2.45) is 0 Å². The highest BCUT2D eigenvalue weighted by Gasteiger charge is 2.19. The van der Waals surface area contributed by atoms with Crippen LogP contribution in [0, 0.1) is 5.82 Å². The molecule has 1 amide bonds. The number of hydrogen-bond donors (Lipinski definition) is 1. The van der Waals surface area contributed by atoms with Crippen molar-refractivity contribution in [2.75, 3.05) is 5.32 Å². The molecule has 0 saturated heterocycles. The summed E-state index contributed by atoms with van der Waals surface area (Å²) in [7, 11) is 0. The van der Waals surface area contributed by atoms with Crippen molar-refractivity contribution in [1.82, 2.24) is 14.8 Å². The minimum Gasteiger partial charge on any atom is -0.322 e. The Morgan fingerprint density at radius 1 is 1.04 bits per heavy atom. The van der Waals surface area contributed by atoms with Crippen LogP contribution in [-0.4, -0.2) is 20.7 Å². The summed E-state index contributed by atoms with van der Waals surface area (Å²) in [5.74, 6) is 0.584. The van der Waals surface area contributed by atoms with E-state index in [4.69, 9.17) is 23.2 Å². The second-order valence-electron chi connectivity index (χ2n) is 6.68. The van der Waals surface area contributed by atoms with Crippen molar-refractivity contribution in [2.45, 2.75) is 32.2 Å². The van der Waals surface area contributed by atoms with Crippen molar-refractivity contribution >= 4 is 34.8 Å². The highest BCUT2D eigenvalue weighted by molar-refractivity contribution is 6.42. The lowest BCUT2D eigenvalue weighted by Crippen LogP contribution is -2.12. The molecule has 0 unspecified atom stereocenters. The topological polar surface area (TPSA) is 59.8 Å². The van der Waals surface area contributed by atoms with Crippen LogP contribution in [0.25, 0.3) is 11.4 Å². The van der Waals surface area contributed by atoms with Gasteiger partial charge in [0.1, 0.15) is 11.6 Å². The quantitative estimate of drug-likeness (QED) is 0.621. The van der Waals surface area contributed by atoms with Gasteiger partial charge >= 0.3 is 0 Å². The van der Waals surface area contributed by atoms with E-state index in [0.717, 1.165) is 38.1 Å². The molecule has 28 heavy (non-hydrogen) atoms. The molecule has 0 saturated carbocycles. The molecule has 0 aliphatic carbocycles. The van der Waals surface area contributed by atoms with Crippen molar-refractivity contribution in [1.29, 1.82) is 0 Å². The Morgan fingerprint density at radius 2 is 1.89 bits per heavy atom. The average molecular weight is 419 g/mol. The van der Waals surface area contributed by atoms with Gasteiger partial charge in [-0.25, -0.2) is 4.39 Å². The lowest BCUT2D eigenvalue weighted by molar-refractivity contribution is 0.102. The first-order chi connectivity index (χ1) is 13.5. The normalized spacial score (nSPS) is 13.7. The number of benzene rings is 2. The van der Waals surface area contributed by atoms with Gasteiger partial charge in [-0.1, -0.05) is 29.6 Å². The fourth-order valence-corrected chi connectivity index (χ4v) is 3.60. The van der Waals surface area contributed by atoms with Crippen molar-refractivity contribution in [3.05, 3.63) is 63.6 Å². The molecule has 0 radical (unpaired) electrons. The van der Waals surface area contributed by atoms with Gasteiger partial charge in [0, 0.05) is 24.2 Å². The van der Waals surface area contributed by atoms with Crippen LogP contribution in [0.5, 0.6) is 0 Å². The number of carbonyl (C=O) groups excluding carboxylic acids is 1. The van der Waals surface area contributed by atoms with Gasteiger partial charge in [0.2, 0.25) is 0 Å². The van der Waals surface area contributed by atoms with E-state index in [9.17, 15) is 9.18 Å². The first-order valence-corrected chi connectivity index (χ1v) is 9.77. The number of aromatic nitrogens is 3. The Bertz CT molecular complexity index is 1050. The number of amides is 1. The molecule has 1 aliphatic rings. The number of carbonyl (C=O) groups is 1. The SMILES string of the molecule is O=C(Nc1ccc(F)c(-c2nnc3n2CCCCC3)c1)c1ccc(Cl)c(Cl)c1. The Hall–Kier alpha value is -2.44. The minimum absolute atomic E-state index is 0.292. The van der Waals surface area contributed by atoms with Crippen molar-refractivity contribution in [3.63, 3.8) is 0 Å². The second-order valence-corrected chi connectivity index (χ2v) is 7.49. The third-order valence-electron chi connectivity index (χ3n) is 4.76. The zero-order chi connectivity index (χ0) is 19.7. The standard InChI is InChI=1S/C20H17Cl2FN4O/c21-15-7-5-12(10-16(15)22)20(28)24-13-6-8-17(23)14(11-13)19-26-25-18-4-2-1-3-9-27(18)19/h5-8,10-11H,1-4,9H2,(H,24,28). The highest BCUT2D eigenvalue weighted by atomic mass is 35.5. The summed E-state index contributed by atoms with van der Waals surface area (Å²) >= 11 is 11.9. The van der Waals surface area contributed by atoms with Crippen LogP contribution in [0.1, 0.15) is 35.4 Å². The van der Waals surface area contributed by atoms with Crippen LogP contribution in [0.4, 0.5) is 10.1 Å². The molecule has 1 aromatic heterocycles. The summed E-state index contributed by atoms with van der Waals surface area (Å²) in [6, 6.07) is 9.02. The summed E-state index contributed by atoms with van der Waals surface area (Å²) in [4.78, 5) is 12.5. The number of halogens is 3. The number of aryl methyl sites for hydroxylation is 1. The maximum absolute atomic E-state index is 14.5. The van der Waals surface area contributed by atoms with E-state index in [2.05, 4.69) is 15.5 Å². The number of rotatable bonds is 3. The van der Waals surface area contributed by atoms with E-state index in [-0.39, 0.29) is 5.91 Å². The van der Waals surface area contributed by atoms with E-state index in [0.29, 0.717) is 32.7 Å². The number of anilines is 1. The van der Waals surface area contributed by atoms with Crippen molar-refractivity contribution in [3.8, 4) is 11.4 Å². The van der Waals surface area contributed by atoms with E-state index in [1.165, 1.54) is 18.2 Å². The second kappa shape index (κ2) is 7.89. The zero-order valence-corrected chi connectivity index (χ0v) is 16.4. The summed E-state index contributed by atoms with van der Waals surface area (Å²) < 4.78 is 16.5. The highest BCUT2D eigenvalue weighted by Crippen LogP contribution is 2.28. The monoisotopic (exact) mass is 418 g/mol. The molecule has 1 N–H and O–H groups in total. The molecule has 0 bridgehead atoms. The summed E-state index contributed by atoms with van der Waals surface area (Å²) in [5, 5.41) is 11.8. The van der Waals surface area contributed by atoms with E-state index in [1.54, 1.807) is 18.2 Å². The molecule has 2 heterocycles. The molecule has 0 atom stereocenters. The van der Waals surface area contributed by atoms with Gasteiger partial charge in [-0.15, -0.1) is 10.2 Å². The van der Waals surface area contributed by atoms with Crippen LogP contribution in [0.15, 0.2) is 36.4 Å². The van der Waals surface area contributed by atoms with Gasteiger partial charge in [0.15, 0.2) is 5.82 Å². The maximum atomic E-state index is 14.5. The van der Waals surface area contributed by atoms with Crippen LogP contribution in [0.3, 0.4) is 0 Å². The molecule has 8 heteroatoms. The molecule has 2 aromatic carbocycles. The molecule has 3 aromatic rings. The summed E-state index contributed by atoms with van der Waals surface area (Å²) in [5.41, 5.74) is 1.13. The van der Waals surface area contributed by atoms with Gasteiger partial charge < -0.3 is 9.88 Å². The Labute approximate surface area is 171 Å². The first-order valence-electron chi connectivity index (χ1n) is 9.01. The first kappa shape index (κ1) is 18.9. The Morgan fingerprint density at radius 3 is 2.71 bits per heavy atom. The van der Waals surface area contributed by atoms with Gasteiger partial charge in [0.05, 0.1) is 15.6 Å². The fraction of sp³-hybridized carbons (Fsp3) is 0.250. The largest absolute Gasteiger partial charge is 0.322 e. The fourth-order valence-electron chi connectivity index (χ4n) is 3.30. The predicted molar refractivity (Wildman–Crippen MR) is 107 cm³/mol. The zero-order valence-electron chi connectivity index (χ0n) is 14.9. The Balaban J connectivity index is 1.63. The summed E-state index contributed by atoms with van der Waals surface area (Å²) in [6.45, 7) is 0.761. The molecule has 144 valence electrons. The third kappa shape index (κ3) is 3.75. The third-order valence-corrected chi connectivity index (χ3v) is 5.50. The number of fused-ring (bicyclic) bond motifs is 1. The molecule has 0 fully saturated rings. The van der Waals surface area contributed by atoms with Gasteiger partial charge in [-0.2, -0.15) is 0 Å². The molecular formula is C20H17Cl2FN4O. The molecule has 4 rings (SSSR count). The van der Waals surface area contributed by atoms with Crippen LogP contribution in [0.2, 0.25) is 10.0 Å². The average Bonchev–Trinajstić information content (AvgIpc) is 2.93. The lowest BCUT2D eigenvalue weighted by atomic mass is 10.1. The summed E-state index contributed by atoms with van der Waals surface area (Å²) in [6.07, 6.45) is 4.02. The van der Waals surface area contributed by atoms with Gasteiger partial charge in [-0.05, 0) is 49.2 Å². The van der Waals surface area contributed by atoms with Crippen molar-refractivity contribution < 1.29 is 9.18 Å². The van der Waals surface area contributed by atoms with Crippen LogP contribution >= 0.6 is 23.2 Å². The maximum Gasteiger partial charge on any atom is 0.255 e. The lowest BCUT2D eigenvalue weighted by Gasteiger charge is -2.11.